The van der Waals surface area contributed by atoms with E-state index in [1.54, 1.807) is 0 Å². The number of hydrogen-bond acceptors (Lipinski definition) is 2. The lowest BCUT2D eigenvalue weighted by Crippen LogP contribution is -1.96. The second kappa shape index (κ2) is 10.1. The number of nitrogens with zero attached hydrogens (tertiary/aromatic N) is 2. The summed E-state index contributed by atoms with van der Waals surface area (Å²) in [6.07, 6.45) is 0. The summed E-state index contributed by atoms with van der Waals surface area (Å²) >= 11 is 0. The van der Waals surface area contributed by atoms with E-state index in [1.165, 1.54) is 6.07 Å². The Morgan fingerprint density at radius 2 is 1.00 bits per heavy atom. The van der Waals surface area contributed by atoms with Crippen LogP contribution in [-0.4, -0.2) is 9.97 Å². The lowest BCUT2D eigenvalue weighted by atomic mass is 9.89. The predicted molar refractivity (Wildman–Crippen MR) is 176 cm³/mol. The molecule has 0 spiro atoms. The normalized spacial score (nSPS) is 14.7. The average Bonchev–Trinajstić information content (AvgIpc) is 3.17. The third-order valence-corrected chi connectivity index (χ3v) is 7.45. The van der Waals surface area contributed by atoms with Crippen LogP contribution in [0.5, 0.6) is 0 Å². The molecule has 0 atom stereocenters. The molecule has 0 aliphatic heterocycles. The third kappa shape index (κ3) is 4.22. The van der Waals surface area contributed by atoms with Crippen molar-refractivity contribution in [3.8, 4) is 45.0 Å². The highest BCUT2D eigenvalue weighted by molar-refractivity contribution is 6.20. The van der Waals surface area contributed by atoms with Gasteiger partial charge in [-0.05, 0) is 55.6 Å². The van der Waals surface area contributed by atoms with Gasteiger partial charge in [0.25, 0.3) is 0 Å². The van der Waals surface area contributed by atoms with E-state index in [1.807, 2.05) is 48.5 Å². The van der Waals surface area contributed by atoms with E-state index in [0.717, 1.165) is 43.4 Å². The molecule has 0 unspecified atom stereocenters. The highest BCUT2D eigenvalue weighted by Crippen LogP contribution is 2.40. The molecule has 0 N–H and O–H groups in total. The van der Waals surface area contributed by atoms with Gasteiger partial charge in [0.15, 0.2) is 5.82 Å². The van der Waals surface area contributed by atoms with Gasteiger partial charge in [-0.2, -0.15) is 0 Å². The molecule has 0 saturated carbocycles. The van der Waals surface area contributed by atoms with Gasteiger partial charge in [0.1, 0.15) is 0 Å². The van der Waals surface area contributed by atoms with Crippen molar-refractivity contribution in [2.24, 2.45) is 0 Å². The first-order valence-electron chi connectivity index (χ1n) is 18.4. The quantitative estimate of drug-likeness (QED) is 0.163. The lowest BCUT2D eigenvalue weighted by Gasteiger charge is -2.15. The van der Waals surface area contributed by atoms with Crippen molar-refractivity contribution in [3.05, 3.63) is 157 Å². The molecule has 1 heterocycles. The van der Waals surface area contributed by atoms with Crippen LogP contribution in [0.25, 0.3) is 77.3 Å². The summed E-state index contributed by atoms with van der Waals surface area (Å²) in [4.78, 5) is 9.14. The van der Waals surface area contributed by atoms with E-state index in [2.05, 4.69) is 52.4 Å². The second-order valence-corrected chi connectivity index (χ2v) is 9.89. The molecule has 2 nitrogen and oxygen atoms in total. The molecule has 2 heteroatoms. The highest BCUT2D eigenvalue weighted by Gasteiger charge is 2.14. The Hall–Kier alpha value is -5.60. The van der Waals surface area contributed by atoms with Crippen molar-refractivity contribution >= 4 is 32.3 Å². The van der Waals surface area contributed by atoms with E-state index in [-0.39, 0.29) is 28.3 Å². The fourth-order valence-electron chi connectivity index (χ4n) is 5.51. The fourth-order valence-corrected chi connectivity index (χ4v) is 5.51. The molecule has 0 aliphatic rings. The van der Waals surface area contributed by atoms with Gasteiger partial charge >= 0.3 is 0 Å². The molecule has 0 radical (unpaired) electrons. The van der Waals surface area contributed by atoms with Crippen molar-refractivity contribution in [1.29, 1.82) is 0 Å². The van der Waals surface area contributed by atoms with Crippen molar-refractivity contribution in [1.82, 2.24) is 9.97 Å². The van der Waals surface area contributed by atoms with E-state index in [0.29, 0.717) is 5.56 Å². The summed E-state index contributed by atoms with van der Waals surface area (Å²) in [5.74, 6) is -0.243. The zero-order valence-electron chi connectivity index (χ0n) is 32.1. The topological polar surface area (TPSA) is 25.8 Å². The van der Waals surface area contributed by atoms with Crippen LogP contribution in [0.15, 0.2) is 157 Å². The zero-order valence-corrected chi connectivity index (χ0v) is 22.1. The van der Waals surface area contributed by atoms with Crippen LogP contribution in [-0.2, 0) is 0 Å². The first-order valence-corrected chi connectivity index (χ1v) is 13.4. The van der Waals surface area contributed by atoms with Crippen LogP contribution in [0.2, 0.25) is 0 Å². The summed E-state index contributed by atoms with van der Waals surface area (Å²) < 4.78 is 83.5. The first-order chi connectivity index (χ1) is 25.0. The minimum atomic E-state index is -0.578. The Morgan fingerprint density at radius 3 is 1.74 bits per heavy atom. The van der Waals surface area contributed by atoms with Crippen molar-refractivity contribution in [3.63, 3.8) is 0 Å². The van der Waals surface area contributed by atoms with Crippen LogP contribution in [0.4, 0.5) is 0 Å². The lowest BCUT2D eigenvalue weighted by molar-refractivity contribution is 1.18. The maximum atomic E-state index is 8.62. The summed E-state index contributed by atoms with van der Waals surface area (Å²) in [5, 5.41) is 6.65. The average molecular weight is 545 g/mol. The van der Waals surface area contributed by atoms with Gasteiger partial charge in [-0.25, -0.2) is 9.97 Å². The molecule has 0 saturated heterocycles. The maximum Gasteiger partial charge on any atom is 0.160 e. The Labute approximate surface area is 258 Å². The molecule has 1 aromatic heterocycles. The Balaban J connectivity index is 1.36. The molecule has 42 heavy (non-hydrogen) atoms. The van der Waals surface area contributed by atoms with Gasteiger partial charge in [-0.15, -0.1) is 0 Å². The van der Waals surface area contributed by atoms with Crippen LogP contribution in [0.1, 0.15) is 13.7 Å². The van der Waals surface area contributed by atoms with Gasteiger partial charge in [-0.1, -0.05) is 145 Å². The first kappa shape index (κ1) is 16.0. The van der Waals surface area contributed by atoms with Crippen molar-refractivity contribution in [2.45, 2.75) is 0 Å². The minimum Gasteiger partial charge on any atom is -0.228 e. The van der Waals surface area contributed by atoms with Crippen LogP contribution in [0.3, 0.4) is 0 Å². The number of benzene rings is 7. The van der Waals surface area contributed by atoms with E-state index < -0.39 is 60.4 Å². The maximum absolute atomic E-state index is 8.62. The Kier molecular flexibility index (Phi) is 3.85. The molecule has 0 bridgehead atoms. The molecule has 0 amide bonds. The van der Waals surface area contributed by atoms with Gasteiger partial charge in [0, 0.05) is 16.7 Å². The molecule has 196 valence electrons. The van der Waals surface area contributed by atoms with E-state index in [9.17, 15) is 0 Å². The SMILES string of the molecule is [2H]c1c([2H])c([2H])c(-c2cc(-c3ccc(-c4c5ccccc5cc5c4ccc4ccccc45)cc3)nc(-c3c([2H])c([2H])c([2H])c([2H])c3[2H])n2)c([2H])c1[2H]. The smallest absolute Gasteiger partial charge is 0.160 e. The van der Waals surface area contributed by atoms with Crippen LogP contribution < -0.4 is 0 Å². The highest BCUT2D eigenvalue weighted by atomic mass is 14.9. The summed E-state index contributed by atoms with van der Waals surface area (Å²) in [5.41, 5.74) is 2.29. The molecular formula is C40H26N2. The van der Waals surface area contributed by atoms with Gasteiger partial charge in [0.2, 0.25) is 0 Å². The standard InChI is InChI=1S/C40H26N2/c1-3-12-28(13-4-1)37-26-38(42-40(41-37)31-14-5-2-6-15-31)29-19-21-30(22-20-29)39-34-18-10-8-16-32(34)25-36-33-17-9-7-11-27(33)23-24-35(36)39/h1-26H/i1D,2D,3D,4D,5D,6D,12D,13D,14D,15D. The zero-order chi connectivity index (χ0) is 36.6. The number of hydrogen-bond donors (Lipinski definition) is 0. The Bertz CT molecular complexity index is 2650. The molecular weight excluding hydrogens is 508 g/mol. The van der Waals surface area contributed by atoms with Gasteiger partial charge < -0.3 is 0 Å². The summed E-state index contributed by atoms with van der Waals surface area (Å²) in [6.45, 7) is 0. The number of fused-ring (bicyclic) bond motifs is 4. The Morgan fingerprint density at radius 1 is 0.405 bits per heavy atom. The third-order valence-electron chi connectivity index (χ3n) is 7.45. The summed E-state index contributed by atoms with van der Waals surface area (Å²) in [6, 6.07) is 26.6. The molecule has 8 aromatic rings. The molecule has 0 fully saturated rings. The predicted octanol–water partition coefficient (Wildman–Crippen LogP) is 10.6. The molecule has 7 aromatic carbocycles. The number of aromatic nitrogens is 2. The second-order valence-electron chi connectivity index (χ2n) is 9.89. The molecule has 0 aliphatic carbocycles. The van der Waals surface area contributed by atoms with E-state index >= 15 is 0 Å². The van der Waals surface area contributed by atoms with Gasteiger partial charge in [-0.3, -0.25) is 0 Å². The monoisotopic (exact) mass is 544 g/mol. The van der Waals surface area contributed by atoms with Crippen LogP contribution in [0, 0.1) is 0 Å². The fraction of sp³-hybridized carbons (Fsp3) is 0. The minimum absolute atomic E-state index is 0.0557. The molecule has 8 rings (SSSR count). The summed E-state index contributed by atoms with van der Waals surface area (Å²) in [7, 11) is 0. The van der Waals surface area contributed by atoms with Crippen LogP contribution >= 0.6 is 0 Å². The largest absolute Gasteiger partial charge is 0.228 e. The van der Waals surface area contributed by atoms with Crippen molar-refractivity contribution in [2.75, 3.05) is 0 Å². The van der Waals surface area contributed by atoms with E-state index in [4.69, 9.17) is 13.7 Å². The van der Waals surface area contributed by atoms with Gasteiger partial charge in [0.05, 0.1) is 25.1 Å². The van der Waals surface area contributed by atoms with Crippen molar-refractivity contribution < 1.29 is 13.7 Å². The number of rotatable bonds is 4.